The van der Waals surface area contributed by atoms with Gasteiger partial charge >= 0.3 is 0 Å². The zero-order valence-electron chi connectivity index (χ0n) is 10.5. The molecule has 19 heavy (non-hydrogen) atoms. The van der Waals surface area contributed by atoms with Crippen LogP contribution >= 0.6 is 27.5 Å². The fourth-order valence-corrected chi connectivity index (χ4v) is 2.16. The molecule has 5 nitrogen and oxygen atoms in total. The van der Waals surface area contributed by atoms with Gasteiger partial charge in [0.2, 0.25) is 17.2 Å². The molecule has 1 atom stereocenters. The molecule has 7 heteroatoms. The number of hydrogen-bond donors (Lipinski definition) is 2. The molecule has 0 radical (unpaired) electrons. The summed E-state index contributed by atoms with van der Waals surface area (Å²) < 4.78 is 1.03. The molecule has 0 aliphatic heterocycles. The third kappa shape index (κ3) is 3.78. The van der Waals surface area contributed by atoms with Gasteiger partial charge in [-0.3, -0.25) is 0 Å². The maximum absolute atomic E-state index is 5.83. The topological polar surface area (TPSA) is 62.7 Å². The molecule has 2 aromatic rings. The van der Waals surface area contributed by atoms with Crippen molar-refractivity contribution in [2.24, 2.45) is 0 Å². The largest absolute Gasteiger partial charge is 0.357 e. The van der Waals surface area contributed by atoms with Crippen molar-refractivity contribution >= 4 is 39.4 Å². The SMILES string of the molecule is CNc1nc(Cl)nc(NC(C)c2cccc(Br)c2)n1. The number of aromatic nitrogens is 3. The average Bonchev–Trinajstić information content (AvgIpc) is 2.38. The van der Waals surface area contributed by atoms with Crippen LogP contribution in [0.4, 0.5) is 11.9 Å². The van der Waals surface area contributed by atoms with E-state index in [0.29, 0.717) is 11.9 Å². The first-order chi connectivity index (χ1) is 9.08. The van der Waals surface area contributed by atoms with Gasteiger partial charge in [-0.1, -0.05) is 28.1 Å². The summed E-state index contributed by atoms with van der Waals surface area (Å²) in [5, 5.41) is 6.19. The number of nitrogens with one attached hydrogen (secondary N) is 2. The molecule has 1 aromatic heterocycles. The minimum Gasteiger partial charge on any atom is -0.357 e. The van der Waals surface area contributed by atoms with Crippen molar-refractivity contribution < 1.29 is 0 Å². The Morgan fingerprint density at radius 2 is 1.95 bits per heavy atom. The Hall–Kier alpha value is -1.40. The van der Waals surface area contributed by atoms with Gasteiger partial charge in [0.25, 0.3) is 0 Å². The van der Waals surface area contributed by atoms with Crippen LogP contribution in [0.15, 0.2) is 28.7 Å². The Morgan fingerprint density at radius 1 is 1.21 bits per heavy atom. The average molecular weight is 343 g/mol. The van der Waals surface area contributed by atoms with Gasteiger partial charge in [0, 0.05) is 11.5 Å². The van der Waals surface area contributed by atoms with Gasteiger partial charge in [0.1, 0.15) is 0 Å². The number of benzene rings is 1. The maximum atomic E-state index is 5.83. The van der Waals surface area contributed by atoms with Gasteiger partial charge < -0.3 is 10.6 Å². The first-order valence-electron chi connectivity index (χ1n) is 5.70. The second kappa shape index (κ2) is 6.16. The first kappa shape index (κ1) is 14.0. The fraction of sp³-hybridized carbons (Fsp3) is 0.250. The van der Waals surface area contributed by atoms with E-state index in [1.54, 1.807) is 7.05 Å². The monoisotopic (exact) mass is 341 g/mol. The van der Waals surface area contributed by atoms with E-state index in [1.165, 1.54) is 0 Å². The van der Waals surface area contributed by atoms with E-state index in [-0.39, 0.29) is 11.3 Å². The van der Waals surface area contributed by atoms with E-state index in [1.807, 2.05) is 31.2 Å². The van der Waals surface area contributed by atoms with E-state index >= 15 is 0 Å². The lowest BCUT2D eigenvalue weighted by Crippen LogP contribution is -2.11. The van der Waals surface area contributed by atoms with Crippen molar-refractivity contribution in [3.8, 4) is 0 Å². The molecular formula is C12H13BrClN5. The van der Waals surface area contributed by atoms with Gasteiger partial charge in [-0.25, -0.2) is 0 Å². The molecule has 100 valence electrons. The van der Waals surface area contributed by atoms with Crippen LogP contribution in [0.2, 0.25) is 5.28 Å². The second-order valence-electron chi connectivity index (χ2n) is 3.92. The minimum atomic E-state index is 0.0562. The summed E-state index contributed by atoms with van der Waals surface area (Å²) in [4.78, 5) is 12.2. The van der Waals surface area contributed by atoms with Crippen LogP contribution in [0, 0.1) is 0 Å². The van der Waals surface area contributed by atoms with E-state index in [4.69, 9.17) is 11.6 Å². The Kier molecular flexibility index (Phi) is 4.55. The van der Waals surface area contributed by atoms with E-state index < -0.39 is 0 Å². The molecule has 0 aliphatic rings. The van der Waals surface area contributed by atoms with E-state index in [9.17, 15) is 0 Å². The van der Waals surface area contributed by atoms with Crippen molar-refractivity contribution in [3.63, 3.8) is 0 Å². The van der Waals surface area contributed by atoms with Gasteiger partial charge in [-0.15, -0.1) is 0 Å². The highest BCUT2D eigenvalue weighted by atomic mass is 79.9. The quantitative estimate of drug-likeness (QED) is 0.890. The van der Waals surface area contributed by atoms with Gasteiger partial charge in [0.15, 0.2) is 0 Å². The normalized spacial score (nSPS) is 12.0. The summed E-state index contributed by atoms with van der Waals surface area (Å²) >= 11 is 9.28. The van der Waals surface area contributed by atoms with Gasteiger partial charge in [0.05, 0.1) is 6.04 Å². The summed E-state index contributed by atoms with van der Waals surface area (Å²) in [6, 6.07) is 8.09. The number of halogens is 2. The number of hydrogen-bond acceptors (Lipinski definition) is 5. The van der Waals surface area contributed by atoms with Crippen LogP contribution in [0.3, 0.4) is 0 Å². The third-order valence-corrected chi connectivity index (χ3v) is 3.19. The van der Waals surface area contributed by atoms with Crippen LogP contribution in [0.5, 0.6) is 0 Å². The molecule has 1 aromatic carbocycles. The lowest BCUT2D eigenvalue weighted by Gasteiger charge is -2.14. The fourth-order valence-electron chi connectivity index (χ4n) is 1.58. The zero-order chi connectivity index (χ0) is 13.8. The molecular weight excluding hydrogens is 330 g/mol. The summed E-state index contributed by atoms with van der Waals surface area (Å²) in [6.07, 6.45) is 0. The van der Waals surface area contributed by atoms with Crippen LogP contribution in [-0.2, 0) is 0 Å². The summed E-state index contributed by atoms with van der Waals surface area (Å²) in [5.41, 5.74) is 1.12. The Balaban J connectivity index is 2.18. The standard InChI is InChI=1S/C12H13BrClN5/c1-7(8-4-3-5-9(13)6-8)16-12-18-10(14)17-11(15-2)19-12/h3-7H,1-2H3,(H2,15,16,17,18,19). The zero-order valence-corrected chi connectivity index (χ0v) is 12.8. The lowest BCUT2D eigenvalue weighted by molar-refractivity contribution is 0.853. The predicted octanol–water partition coefficient (Wildman–Crippen LogP) is 3.50. The number of anilines is 2. The summed E-state index contributed by atoms with van der Waals surface area (Å²) in [7, 11) is 1.73. The Labute approximate surface area is 125 Å². The van der Waals surface area contributed by atoms with Crippen LogP contribution in [0.25, 0.3) is 0 Å². The van der Waals surface area contributed by atoms with E-state index in [0.717, 1.165) is 10.0 Å². The van der Waals surface area contributed by atoms with Crippen molar-refractivity contribution in [2.45, 2.75) is 13.0 Å². The molecule has 2 rings (SSSR count). The number of rotatable bonds is 4. The third-order valence-electron chi connectivity index (χ3n) is 2.53. The first-order valence-corrected chi connectivity index (χ1v) is 6.87. The molecule has 1 unspecified atom stereocenters. The van der Waals surface area contributed by atoms with Crippen LogP contribution in [0.1, 0.15) is 18.5 Å². The Morgan fingerprint density at radius 3 is 2.63 bits per heavy atom. The molecule has 2 N–H and O–H groups in total. The lowest BCUT2D eigenvalue weighted by atomic mass is 10.1. The van der Waals surface area contributed by atoms with Crippen molar-refractivity contribution in [2.75, 3.05) is 17.7 Å². The van der Waals surface area contributed by atoms with Gasteiger partial charge in [-0.05, 0) is 36.2 Å². The molecule has 0 bridgehead atoms. The van der Waals surface area contributed by atoms with Gasteiger partial charge in [-0.2, -0.15) is 15.0 Å². The highest BCUT2D eigenvalue weighted by Gasteiger charge is 2.09. The smallest absolute Gasteiger partial charge is 0.229 e. The van der Waals surface area contributed by atoms with Crippen molar-refractivity contribution in [3.05, 3.63) is 39.6 Å². The van der Waals surface area contributed by atoms with Crippen LogP contribution < -0.4 is 10.6 Å². The molecule has 0 spiro atoms. The summed E-state index contributed by atoms with van der Waals surface area (Å²) in [6.45, 7) is 2.03. The molecule has 0 saturated carbocycles. The highest BCUT2D eigenvalue weighted by Crippen LogP contribution is 2.21. The predicted molar refractivity (Wildman–Crippen MR) is 80.6 cm³/mol. The van der Waals surface area contributed by atoms with Crippen LogP contribution in [-0.4, -0.2) is 22.0 Å². The van der Waals surface area contributed by atoms with Crippen molar-refractivity contribution in [1.29, 1.82) is 0 Å². The minimum absolute atomic E-state index is 0.0562. The molecule has 0 amide bonds. The molecule has 0 saturated heterocycles. The van der Waals surface area contributed by atoms with Crippen molar-refractivity contribution in [1.82, 2.24) is 15.0 Å². The molecule has 0 aliphatic carbocycles. The Bertz CT molecular complexity index is 578. The molecule has 1 heterocycles. The highest BCUT2D eigenvalue weighted by molar-refractivity contribution is 9.10. The maximum Gasteiger partial charge on any atom is 0.229 e. The molecule has 0 fully saturated rings. The number of nitrogens with zero attached hydrogens (tertiary/aromatic N) is 3. The summed E-state index contributed by atoms with van der Waals surface area (Å²) in [5.74, 6) is 0.876. The second-order valence-corrected chi connectivity index (χ2v) is 5.18. The van der Waals surface area contributed by atoms with E-state index in [2.05, 4.69) is 41.5 Å².